The van der Waals surface area contributed by atoms with Crippen LogP contribution in [0.3, 0.4) is 0 Å². The molecule has 3 heterocycles. The molecule has 1 unspecified atom stereocenters. The molecule has 2 fully saturated rings. The zero-order valence-corrected chi connectivity index (χ0v) is 12.1. The molecule has 1 aromatic heterocycles. The van der Waals surface area contributed by atoms with E-state index in [2.05, 4.69) is 19.8 Å². The van der Waals surface area contributed by atoms with Crippen molar-refractivity contribution in [1.82, 2.24) is 19.8 Å². The number of hydrogen-bond acceptors (Lipinski definition) is 5. The lowest BCUT2D eigenvalue weighted by Crippen LogP contribution is -2.41. The summed E-state index contributed by atoms with van der Waals surface area (Å²) < 4.78 is 10.9. The van der Waals surface area contributed by atoms with Crippen LogP contribution in [-0.2, 0) is 9.47 Å². The maximum Gasteiger partial charge on any atom is 0.123 e. The molecule has 1 aromatic rings. The van der Waals surface area contributed by atoms with Gasteiger partial charge in [0.2, 0.25) is 0 Å². The van der Waals surface area contributed by atoms with Crippen molar-refractivity contribution in [3.63, 3.8) is 0 Å². The molecule has 0 saturated carbocycles. The zero-order chi connectivity index (χ0) is 13.8. The summed E-state index contributed by atoms with van der Waals surface area (Å²) in [6.07, 6.45) is 5.06. The highest BCUT2D eigenvalue weighted by Gasteiger charge is 2.34. The largest absolute Gasteiger partial charge is 0.380 e. The van der Waals surface area contributed by atoms with E-state index < -0.39 is 0 Å². The first kappa shape index (κ1) is 14.0. The van der Waals surface area contributed by atoms with Crippen LogP contribution >= 0.6 is 0 Å². The zero-order valence-electron chi connectivity index (χ0n) is 12.1. The summed E-state index contributed by atoms with van der Waals surface area (Å²) in [5, 5.41) is 0. The number of ether oxygens (including phenoxy) is 2. The molecule has 0 radical (unpaired) electrons. The van der Waals surface area contributed by atoms with Gasteiger partial charge in [0.15, 0.2) is 0 Å². The first-order chi connectivity index (χ1) is 9.86. The predicted octanol–water partition coefficient (Wildman–Crippen LogP) is 0.504. The summed E-state index contributed by atoms with van der Waals surface area (Å²) in [5.41, 5.74) is 0. The molecule has 0 amide bonds. The third-order valence-electron chi connectivity index (χ3n) is 4.34. The van der Waals surface area contributed by atoms with Crippen LogP contribution in [0.5, 0.6) is 0 Å². The molecule has 3 rings (SSSR count). The molecule has 112 valence electrons. The maximum atomic E-state index is 5.54. The fourth-order valence-corrected chi connectivity index (χ4v) is 3.12. The molecular weight excluding hydrogens is 256 g/mol. The van der Waals surface area contributed by atoms with Crippen molar-refractivity contribution in [2.45, 2.75) is 18.6 Å². The Hall–Kier alpha value is -0.950. The molecular formula is C14H24N4O2. The van der Waals surface area contributed by atoms with Crippen LogP contribution in [0.1, 0.15) is 18.3 Å². The number of aromatic amines is 1. The average molecular weight is 280 g/mol. The van der Waals surface area contributed by atoms with Crippen molar-refractivity contribution in [2.24, 2.45) is 0 Å². The van der Waals surface area contributed by atoms with Crippen molar-refractivity contribution in [2.75, 3.05) is 53.0 Å². The Bertz CT molecular complexity index is 392. The molecule has 1 N–H and O–H groups in total. The van der Waals surface area contributed by atoms with Crippen LogP contribution in [-0.4, -0.2) is 78.9 Å². The third-order valence-corrected chi connectivity index (χ3v) is 4.34. The number of morpholine rings is 1. The molecule has 2 aliphatic heterocycles. The number of nitrogens with zero attached hydrogens (tertiary/aromatic N) is 3. The van der Waals surface area contributed by atoms with E-state index in [-0.39, 0.29) is 0 Å². The highest BCUT2D eigenvalue weighted by molar-refractivity contribution is 5.01. The van der Waals surface area contributed by atoms with Gasteiger partial charge in [-0.3, -0.25) is 9.80 Å². The lowest BCUT2D eigenvalue weighted by molar-refractivity contribution is 0.0316. The van der Waals surface area contributed by atoms with Gasteiger partial charge in [-0.05, 0) is 6.42 Å². The first-order valence-corrected chi connectivity index (χ1v) is 7.43. The van der Waals surface area contributed by atoms with Gasteiger partial charge in [-0.1, -0.05) is 0 Å². The summed E-state index contributed by atoms with van der Waals surface area (Å²) >= 11 is 0. The fourth-order valence-electron chi connectivity index (χ4n) is 3.12. The number of methoxy groups -OCH3 is 1. The van der Waals surface area contributed by atoms with E-state index >= 15 is 0 Å². The Morgan fingerprint density at radius 1 is 1.40 bits per heavy atom. The Morgan fingerprint density at radius 3 is 2.95 bits per heavy atom. The van der Waals surface area contributed by atoms with Crippen LogP contribution in [0.4, 0.5) is 0 Å². The Balaban J connectivity index is 1.57. The van der Waals surface area contributed by atoms with Crippen molar-refractivity contribution in [3.8, 4) is 0 Å². The van der Waals surface area contributed by atoms with E-state index in [9.17, 15) is 0 Å². The van der Waals surface area contributed by atoms with Gasteiger partial charge in [0.1, 0.15) is 5.82 Å². The van der Waals surface area contributed by atoms with E-state index in [1.807, 2.05) is 12.4 Å². The van der Waals surface area contributed by atoms with Crippen LogP contribution in [0, 0.1) is 0 Å². The van der Waals surface area contributed by atoms with Crippen LogP contribution in [0.25, 0.3) is 0 Å². The minimum absolute atomic E-state index is 0.315. The SMILES string of the molecule is CO[C@@H]1CC(c2ncc[nH]2)N(CCN2CCOCC2)C1. The van der Waals surface area contributed by atoms with E-state index in [0.29, 0.717) is 12.1 Å². The summed E-state index contributed by atoms with van der Waals surface area (Å²) in [6.45, 7) is 6.97. The topological polar surface area (TPSA) is 53.6 Å². The summed E-state index contributed by atoms with van der Waals surface area (Å²) in [7, 11) is 1.80. The van der Waals surface area contributed by atoms with Gasteiger partial charge in [0, 0.05) is 52.2 Å². The summed E-state index contributed by atoms with van der Waals surface area (Å²) in [4.78, 5) is 12.6. The van der Waals surface area contributed by atoms with Crippen molar-refractivity contribution >= 4 is 0 Å². The number of imidazole rings is 1. The predicted molar refractivity (Wildman–Crippen MR) is 75.6 cm³/mol. The van der Waals surface area contributed by atoms with Crippen LogP contribution in [0.15, 0.2) is 12.4 Å². The number of nitrogens with one attached hydrogen (secondary N) is 1. The normalized spacial score (nSPS) is 29.1. The van der Waals surface area contributed by atoms with Crippen molar-refractivity contribution in [1.29, 1.82) is 0 Å². The quantitative estimate of drug-likeness (QED) is 0.851. The lowest BCUT2D eigenvalue weighted by Gasteiger charge is -2.30. The highest BCUT2D eigenvalue weighted by atomic mass is 16.5. The Labute approximate surface area is 120 Å². The maximum absolute atomic E-state index is 5.54. The molecule has 0 aromatic carbocycles. The molecule has 6 nitrogen and oxygen atoms in total. The standard InChI is InChI=1S/C14H24N4O2/c1-19-12-10-13(14-15-2-3-16-14)18(11-12)5-4-17-6-8-20-9-7-17/h2-3,12-13H,4-11H2,1H3,(H,15,16)/t12-,13?/m1/s1. The van der Waals surface area contributed by atoms with Crippen LogP contribution in [0.2, 0.25) is 0 Å². The lowest BCUT2D eigenvalue weighted by atomic mass is 10.2. The first-order valence-electron chi connectivity index (χ1n) is 7.43. The Kier molecular flexibility index (Phi) is 4.67. The number of likely N-dealkylation sites (tertiary alicyclic amines) is 1. The monoisotopic (exact) mass is 280 g/mol. The highest BCUT2D eigenvalue weighted by Crippen LogP contribution is 2.30. The summed E-state index contributed by atoms with van der Waals surface area (Å²) in [6, 6.07) is 0.357. The summed E-state index contributed by atoms with van der Waals surface area (Å²) in [5.74, 6) is 1.06. The average Bonchev–Trinajstić information content (AvgIpc) is 3.15. The smallest absolute Gasteiger partial charge is 0.123 e. The second-order valence-electron chi connectivity index (χ2n) is 5.53. The molecule has 20 heavy (non-hydrogen) atoms. The number of H-pyrrole nitrogens is 1. The molecule has 2 atom stereocenters. The molecule has 0 aliphatic carbocycles. The Morgan fingerprint density at radius 2 is 2.25 bits per heavy atom. The van der Waals surface area contributed by atoms with Gasteiger partial charge < -0.3 is 14.5 Å². The van der Waals surface area contributed by atoms with Gasteiger partial charge in [-0.15, -0.1) is 0 Å². The molecule has 0 spiro atoms. The molecule has 2 saturated heterocycles. The van der Waals surface area contributed by atoms with E-state index in [4.69, 9.17) is 9.47 Å². The van der Waals surface area contributed by atoms with Gasteiger partial charge in [0.25, 0.3) is 0 Å². The van der Waals surface area contributed by atoms with Crippen molar-refractivity contribution in [3.05, 3.63) is 18.2 Å². The van der Waals surface area contributed by atoms with Gasteiger partial charge in [0.05, 0.1) is 25.4 Å². The second kappa shape index (κ2) is 6.67. The van der Waals surface area contributed by atoms with Gasteiger partial charge in [-0.2, -0.15) is 0 Å². The second-order valence-corrected chi connectivity index (χ2v) is 5.53. The van der Waals surface area contributed by atoms with Crippen LogP contribution < -0.4 is 0 Å². The third kappa shape index (κ3) is 3.20. The van der Waals surface area contributed by atoms with Crippen molar-refractivity contribution < 1.29 is 9.47 Å². The van der Waals surface area contributed by atoms with E-state index in [1.54, 1.807) is 7.11 Å². The molecule has 0 bridgehead atoms. The van der Waals surface area contributed by atoms with E-state index in [0.717, 1.165) is 58.2 Å². The number of hydrogen-bond donors (Lipinski definition) is 1. The minimum atomic E-state index is 0.315. The van der Waals surface area contributed by atoms with Gasteiger partial charge in [-0.25, -0.2) is 4.98 Å². The number of aromatic nitrogens is 2. The minimum Gasteiger partial charge on any atom is -0.380 e. The number of rotatable bonds is 5. The van der Waals surface area contributed by atoms with E-state index in [1.165, 1.54) is 0 Å². The molecule has 6 heteroatoms. The molecule has 2 aliphatic rings. The fraction of sp³-hybridized carbons (Fsp3) is 0.786. The van der Waals surface area contributed by atoms with Gasteiger partial charge >= 0.3 is 0 Å².